The molecule has 148 valence electrons. The fourth-order valence-corrected chi connectivity index (χ4v) is 3.19. The van der Waals surface area contributed by atoms with Gasteiger partial charge in [-0.3, -0.25) is 14.4 Å². The van der Waals surface area contributed by atoms with Gasteiger partial charge in [-0.2, -0.15) is 0 Å². The molecule has 6 nitrogen and oxygen atoms in total. The highest BCUT2D eigenvalue weighted by atomic mass is 19.1. The van der Waals surface area contributed by atoms with Gasteiger partial charge in [0, 0.05) is 34.5 Å². The molecule has 0 aliphatic rings. The SMILES string of the molecule is NC(=O)c1ccc(F)c(C(=O)c2c[nH]c3ncc(-c4ccc(C=O)cc4)cc23)c1F. The number of pyridine rings is 1. The number of nitrogens with one attached hydrogen (secondary N) is 1. The van der Waals surface area contributed by atoms with Crippen LogP contribution in [0.5, 0.6) is 0 Å². The number of hydrogen-bond acceptors (Lipinski definition) is 4. The van der Waals surface area contributed by atoms with Crippen molar-refractivity contribution in [3.8, 4) is 11.1 Å². The molecule has 4 rings (SSSR count). The fourth-order valence-electron chi connectivity index (χ4n) is 3.19. The highest BCUT2D eigenvalue weighted by molar-refractivity contribution is 6.17. The van der Waals surface area contributed by atoms with Gasteiger partial charge in [0.15, 0.2) is 0 Å². The minimum Gasteiger partial charge on any atom is -0.366 e. The molecule has 30 heavy (non-hydrogen) atoms. The van der Waals surface area contributed by atoms with Crippen molar-refractivity contribution in [2.45, 2.75) is 0 Å². The summed E-state index contributed by atoms with van der Waals surface area (Å²) in [6.07, 6.45) is 3.59. The molecule has 0 aliphatic heterocycles. The van der Waals surface area contributed by atoms with Crippen molar-refractivity contribution in [3.05, 3.63) is 88.7 Å². The summed E-state index contributed by atoms with van der Waals surface area (Å²) in [4.78, 5) is 42.2. The third-order valence-corrected chi connectivity index (χ3v) is 4.74. The predicted molar refractivity (Wildman–Crippen MR) is 105 cm³/mol. The number of aromatic nitrogens is 2. The Morgan fingerprint density at radius 2 is 1.73 bits per heavy atom. The van der Waals surface area contributed by atoms with Gasteiger partial charge in [-0.15, -0.1) is 0 Å². The van der Waals surface area contributed by atoms with E-state index in [0.29, 0.717) is 22.2 Å². The van der Waals surface area contributed by atoms with Gasteiger partial charge in [0.1, 0.15) is 23.6 Å². The molecule has 2 heterocycles. The molecule has 0 fully saturated rings. The molecule has 0 saturated carbocycles. The van der Waals surface area contributed by atoms with Crippen molar-refractivity contribution in [1.82, 2.24) is 9.97 Å². The molecule has 3 N–H and O–H groups in total. The number of carbonyl (C=O) groups is 3. The number of benzene rings is 2. The second-order valence-corrected chi connectivity index (χ2v) is 6.54. The van der Waals surface area contributed by atoms with Gasteiger partial charge in [0.2, 0.25) is 5.78 Å². The van der Waals surface area contributed by atoms with Crippen molar-refractivity contribution in [3.63, 3.8) is 0 Å². The van der Waals surface area contributed by atoms with Crippen LogP contribution in [0, 0.1) is 11.6 Å². The van der Waals surface area contributed by atoms with E-state index in [2.05, 4.69) is 9.97 Å². The van der Waals surface area contributed by atoms with Crippen LogP contribution in [0.15, 0.2) is 54.9 Å². The summed E-state index contributed by atoms with van der Waals surface area (Å²) in [6, 6.07) is 10.1. The third kappa shape index (κ3) is 3.14. The first-order valence-corrected chi connectivity index (χ1v) is 8.76. The van der Waals surface area contributed by atoms with Gasteiger partial charge in [-0.25, -0.2) is 13.8 Å². The maximum atomic E-state index is 14.6. The molecule has 0 bridgehead atoms. The number of nitrogens with two attached hydrogens (primary N) is 1. The fraction of sp³-hybridized carbons (Fsp3) is 0. The van der Waals surface area contributed by atoms with Gasteiger partial charge in [-0.1, -0.05) is 24.3 Å². The maximum absolute atomic E-state index is 14.6. The first-order valence-electron chi connectivity index (χ1n) is 8.76. The molecule has 2 aromatic carbocycles. The minimum absolute atomic E-state index is 0.0108. The lowest BCUT2D eigenvalue weighted by Gasteiger charge is -2.07. The quantitative estimate of drug-likeness (QED) is 0.390. The van der Waals surface area contributed by atoms with Crippen LogP contribution >= 0.6 is 0 Å². The van der Waals surface area contributed by atoms with E-state index >= 15 is 0 Å². The summed E-state index contributed by atoms with van der Waals surface area (Å²) < 4.78 is 28.9. The van der Waals surface area contributed by atoms with Gasteiger partial charge >= 0.3 is 0 Å². The third-order valence-electron chi connectivity index (χ3n) is 4.74. The number of aromatic amines is 1. The summed E-state index contributed by atoms with van der Waals surface area (Å²) in [5, 5.41) is 0.347. The Kier molecular flexibility index (Phi) is 4.67. The maximum Gasteiger partial charge on any atom is 0.251 e. The number of H-pyrrole nitrogens is 1. The highest BCUT2D eigenvalue weighted by Gasteiger charge is 2.25. The second kappa shape index (κ2) is 7.32. The number of carbonyl (C=O) groups excluding carboxylic acids is 3. The van der Waals surface area contributed by atoms with Crippen molar-refractivity contribution < 1.29 is 23.2 Å². The van der Waals surface area contributed by atoms with Crippen molar-refractivity contribution in [1.29, 1.82) is 0 Å². The first kappa shape index (κ1) is 19.1. The number of halogens is 2. The molecule has 0 saturated heterocycles. The lowest BCUT2D eigenvalue weighted by molar-refractivity contribution is 0.0995. The number of nitrogens with zero attached hydrogens (tertiary/aromatic N) is 1. The summed E-state index contributed by atoms with van der Waals surface area (Å²) >= 11 is 0. The average Bonchev–Trinajstić information content (AvgIpc) is 3.16. The van der Waals surface area contributed by atoms with E-state index in [1.54, 1.807) is 36.5 Å². The molecule has 1 amide bonds. The Hall–Kier alpha value is -4.20. The van der Waals surface area contributed by atoms with Crippen LogP contribution < -0.4 is 5.73 Å². The summed E-state index contributed by atoms with van der Waals surface area (Å²) in [6.45, 7) is 0. The first-order chi connectivity index (χ1) is 14.4. The standard InChI is InChI=1S/C22H13F2N3O3/c23-17-6-5-14(21(25)30)19(24)18(17)20(29)16-9-27-22-15(16)7-13(8-26-22)12-3-1-11(10-28)2-4-12/h1-10H,(H2,25,30)(H,26,27). The van der Waals surface area contributed by atoms with Gasteiger partial charge in [0.05, 0.1) is 11.1 Å². The van der Waals surface area contributed by atoms with Crippen molar-refractivity contribution in [2.24, 2.45) is 5.73 Å². The minimum atomic E-state index is -1.31. The van der Waals surface area contributed by atoms with Crippen LogP contribution in [0.4, 0.5) is 8.78 Å². The van der Waals surface area contributed by atoms with E-state index in [4.69, 9.17) is 5.73 Å². The highest BCUT2D eigenvalue weighted by Crippen LogP contribution is 2.28. The molecule has 0 atom stereocenters. The Labute approximate surface area is 168 Å². The monoisotopic (exact) mass is 405 g/mol. The second-order valence-electron chi connectivity index (χ2n) is 6.54. The smallest absolute Gasteiger partial charge is 0.251 e. The Bertz CT molecular complexity index is 1330. The Morgan fingerprint density at radius 3 is 2.40 bits per heavy atom. The average molecular weight is 405 g/mol. The molecule has 0 spiro atoms. The summed E-state index contributed by atoms with van der Waals surface area (Å²) in [5.74, 6) is -4.47. The molecule has 8 heteroatoms. The number of primary amides is 1. The number of hydrogen-bond donors (Lipinski definition) is 2. The zero-order chi connectivity index (χ0) is 21.4. The van der Waals surface area contributed by atoms with E-state index in [0.717, 1.165) is 24.0 Å². The van der Waals surface area contributed by atoms with Crippen LogP contribution in [0.2, 0.25) is 0 Å². The van der Waals surface area contributed by atoms with Crippen molar-refractivity contribution >= 4 is 29.0 Å². The lowest BCUT2D eigenvalue weighted by Crippen LogP contribution is -2.17. The van der Waals surface area contributed by atoms with Crippen LogP contribution in [0.25, 0.3) is 22.2 Å². The van der Waals surface area contributed by atoms with E-state index in [9.17, 15) is 23.2 Å². The Morgan fingerprint density at radius 1 is 1.00 bits per heavy atom. The normalized spacial score (nSPS) is 10.9. The Balaban J connectivity index is 1.84. The predicted octanol–water partition coefficient (Wildman–Crippen LogP) is 3.65. The topological polar surface area (TPSA) is 106 Å². The number of ketones is 1. The van der Waals surface area contributed by atoms with Crippen LogP contribution in [-0.2, 0) is 0 Å². The van der Waals surface area contributed by atoms with E-state index in [-0.39, 0.29) is 5.56 Å². The van der Waals surface area contributed by atoms with Gasteiger partial charge in [0.25, 0.3) is 5.91 Å². The van der Waals surface area contributed by atoms with Gasteiger partial charge in [-0.05, 0) is 23.8 Å². The lowest BCUT2D eigenvalue weighted by atomic mass is 9.98. The number of aldehydes is 1. The molecular formula is C22H13F2N3O3. The molecule has 2 aromatic heterocycles. The van der Waals surface area contributed by atoms with E-state index < -0.39 is 34.5 Å². The van der Waals surface area contributed by atoms with Crippen LogP contribution in [0.3, 0.4) is 0 Å². The molecule has 4 aromatic rings. The summed E-state index contributed by atoms with van der Waals surface area (Å²) in [7, 11) is 0. The summed E-state index contributed by atoms with van der Waals surface area (Å²) in [5.41, 5.74) is 5.87. The number of rotatable bonds is 5. The van der Waals surface area contributed by atoms with Crippen LogP contribution in [-0.4, -0.2) is 27.9 Å². The van der Waals surface area contributed by atoms with Crippen molar-refractivity contribution in [2.75, 3.05) is 0 Å². The number of amides is 1. The molecule has 0 radical (unpaired) electrons. The zero-order valence-corrected chi connectivity index (χ0v) is 15.3. The van der Waals surface area contributed by atoms with E-state index in [1.165, 1.54) is 6.20 Å². The van der Waals surface area contributed by atoms with E-state index in [1.807, 2.05) is 0 Å². The molecule has 0 aliphatic carbocycles. The largest absolute Gasteiger partial charge is 0.366 e. The van der Waals surface area contributed by atoms with Gasteiger partial charge < -0.3 is 10.7 Å². The molecular weight excluding hydrogens is 392 g/mol. The zero-order valence-electron chi connectivity index (χ0n) is 15.3. The number of fused-ring (bicyclic) bond motifs is 1. The van der Waals surface area contributed by atoms with Crippen LogP contribution in [0.1, 0.15) is 36.6 Å². The molecule has 0 unspecified atom stereocenters.